The molecular formula is C14H16B. The number of fused-ring (bicyclic) bond motifs is 1. The van der Waals surface area contributed by atoms with Crippen LogP contribution in [0.1, 0.15) is 24.5 Å². The number of benzene rings is 1. The minimum absolute atomic E-state index is 1.000. The molecule has 1 heteroatoms. The fourth-order valence-corrected chi connectivity index (χ4v) is 2.02. The van der Waals surface area contributed by atoms with E-state index < -0.39 is 0 Å². The van der Waals surface area contributed by atoms with Crippen molar-refractivity contribution in [1.82, 2.24) is 0 Å². The molecule has 0 saturated heterocycles. The second kappa shape index (κ2) is 4.52. The van der Waals surface area contributed by atoms with Gasteiger partial charge in [0.15, 0.2) is 7.28 Å². The van der Waals surface area contributed by atoms with Gasteiger partial charge >= 0.3 is 0 Å². The van der Waals surface area contributed by atoms with Crippen LogP contribution in [0.4, 0.5) is 0 Å². The highest BCUT2D eigenvalue weighted by atomic mass is 14.1. The summed E-state index contributed by atoms with van der Waals surface area (Å²) in [5.41, 5.74) is 5.37. The zero-order valence-corrected chi connectivity index (χ0v) is 9.29. The highest BCUT2D eigenvalue weighted by Gasteiger charge is 2.13. The second-order valence-electron chi connectivity index (χ2n) is 4.08. The van der Waals surface area contributed by atoms with E-state index in [4.69, 9.17) is 0 Å². The van der Waals surface area contributed by atoms with Crippen LogP contribution in [0.5, 0.6) is 0 Å². The van der Waals surface area contributed by atoms with E-state index >= 15 is 0 Å². The molecule has 0 amide bonds. The van der Waals surface area contributed by atoms with E-state index in [2.05, 4.69) is 51.1 Å². The van der Waals surface area contributed by atoms with Gasteiger partial charge in [-0.2, -0.15) is 0 Å². The molecule has 75 valence electrons. The molecule has 0 nitrogen and oxygen atoms in total. The molecule has 2 rings (SSSR count). The fourth-order valence-electron chi connectivity index (χ4n) is 2.02. The van der Waals surface area contributed by atoms with Gasteiger partial charge in [0.2, 0.25) is 0 Å². The predicted octanol–water partition coefficient (Wildman–Crippen LogP) is 3.67. The molecule has 0 unspecified atom stereocenters. The van der Waals surface area contributed by atoms with Crippen LogP contribution in [0, 0.1) is 0 Å². The van der Waals surface area contributed by atoms with Crippen LogP contribution in [0.25, 0.3) is 5.47 Å². The maximum atomic E-state index is 4.07. The zero-order valence-electron chi connectivity index (χ0n) is 9.29. The summed E-state index contributed by atoms with van der Waals surface area (Å²) in [6, 6.07) is 8.63. The zero-order chi connectivity index (χ0) is 10.7. The van der Waals surface area contributed by atoms with Crippen molar-refractivity contribution in [2.24, 2.45) is 0 Å². The summed E-state index contributed by atoms with van der Waals surface area (Å²) in [5.74, 6) is 0. The summed E-state index contributed by atoms with van der Waals surface area (Å²) in [7, 11) is 2.32. The molecule has 1 aliphatic carbocycles. The molecule has 0 aromatic heterocycles. The van der Waals surface area contributed by atoms with Gasteiger partial charge in [-0.15, -0.1) is 0 Å². The normalized spacial score (nSPS) is 14.5. The lowest BCUT2D eigenvalue weighted by Gasteiger charge is -2.18. The van der Waals surface area contributed by atoms with Crippen LogP contribution >= 0.6 is 0 Å². The van der Waals surface area contributed by atoms with Gasteiger partial charge in [0.25, 0.3) is 0 Å². The molecule has 1 aromatic rings. The quantitative estimate of drug-likeness (QED) is 0.645. The molecule has 0 aliphatic heterocycles. The molecule has 0 atom stereocenters. The Bertz CT molecular complexity index is 402. The SMILES string of the molecule is C=C1C=C([B]CCC)c2ccccc2C1. The third-order valence-electron chi connectivity index (χ3n) is 2.76. The van der Waals surface area contributed by atoms with Gasteiger partial charge in [-0.3, -0.25) is 0 Å². The number of rotatable bonds is 3. The van der Waals surface area contributed by atoms with Crippen molar-refractivity contribution in [2.75, 3.05) is 0 Å². The smallest absolute Gasteiger partial charge is 0.0955 e. The molecule has 0 saturated carbocycles. The van der Waals surface area contributed by atoms with E-state index in [0.29, 0.717) is 0 Å². The minimum Gasteiger partial charge on any atom is -0.0955 e. The Hall–Kier alpha value is -1.24. The lowest BCUT2D eigenvalue weighted by molar-refractivity contribution is 1.08. The lowest BCUT2D eigenvalue weighted by Crippen LogP contribution is -2.06. The molecule has 0 bridgehead atoms. The average molecular weight is 195 g/mol. The third kappa shape index (κ3) is 2.23. The first kappa shape index (κ1) is 10.3. The Kier molecular flexibility index (Phi) is 3.10. The number of hydrogen-bond donors (Lipinski definition) is 0. The van der Waals surface area contributed by atoms with Gasteiger partial charge in [0, 0.05) is 0 Å². The topological polar surface area (TPSA) is 0 Å². The fraction of sp³-hybridized carbons (Fsp3) is 0.286. The summed E-state index contributed by atoms with van der Waals surface area (Å²) in [5, 5.41) is 0. The van der Waals surface area contributed by atoms with Gasteiger partial charge in [-0.1, -0.05) is 67.6 Å². The average Bonchev–Trinajstić information content (AvgIpc) is 2.25. The monoisotopic (exact) mass is 195 g/mol. The largest absolute Gasteiger partial charge is 0.152 e. The van der Waals surface area contributed by atoms with Crippen LogP contribution in [-0.2, 0) is 6.42 Å². The van der Waals surface area contributed by atoms with E-state index in [1.54, 1.807) is 0 Å². The predicted molar refractivity (Wildman–Crippen MR) is 68.1 cm³/mol. The maximum absolute atomic E-state index is 4.07. The molecule has 15 heavy (non-hydrogen) atoms. The Labute approximate surface area is 93.0 Å². The highest BCUT2D eigenvalue weighted by molar-refractivity contribution is 6.61. The van der Waals surface area contributed by atoms with Gasteiger partial charge < -0.3 is 0 Å². The van der Waals surface area contributed by atoms with E-state index in [-0.39, 0.29) is 0 Å². The molecule has 1 aliphatic rings. The van der Waals surface area contributed by atoms with Crippen molar-refractivity contribution in [3.63, 3.8) is 0 Å². The maximum Gasteiger partial charge on any atom is 0.152 e. The van der Waals surface area contributed by atoms with Crippen molar-refractivity contribution in [2.45, 2.75) is 26.1 Å². The summed E-state index contributed by atoms with van der Waals surface area (Å²) >= 11 is 0. The van der Waals surface area contributed by atoms with Crippen molar-refractivity contribution in [1.29, 1.82) is 0 Å². The molecule has 0 heterocycles. The van der Waals surface area contributed by atoms with Gasteiger partial charge in [0.05, 0.1) is 0 Å². The molecule has 1 aromatic carbocycles. The first-order chi connectivity index (χ1) is 7.31. The van der Waals surface area contributed by atoms with Gasteiger partial charge in [-0.25, -0.2) is 0 Å². The molecule has 0 N–H and O–H groups in total. The lowest BCUT2D eigenvalue weighted by atomic mass is 9.60. The second-order valence-corrected chi connectivity index (χ2v) is 4.08. The molecule has 1 radical (unpaired) electrons. The molecule has 0 fully saturated rings. The summed E-state index contributed by atoms with van der Waals surface area (Å²) in [6.07, 6.45) is 5.57. The van der Waals surface area contributed by atoms with Crippen LogP contribution in [-0.4, -0.2) is 7.28 Å². The summed E-state index contributed by atoms with van der Waals surface area (Å²) in [6.45, 7) is 6.28. The van der Waals surface area contributed by atoms with Crippen molar-refractivity contribution in [3.8, 4) is 0 Å². The van der Waals surface area contributed by atoms with E-state index in [9.17, 15) is 0 Å². The van der Waals surface area contributed by atoms with Crippen molar-refractivity contribution < 1.29 is 0 Å². The Morgan fingerprint density at radius 2 is 2.13 bits per heavy atom. The van der Waals surface area contributed by atoms with Crippen LogP contribution in [0.3, 0.4) is 0 Å². The summed E-state index contributed by atoms with van der Waals surface area (Å²) < 4.78 is 0. The molecule has 0 spiro atoms. The number of allylic oxidation sites excluding steroid dienone is 2. The van der Waals surface area contributed by atoms with Crippen LogP contribution in [0.15, 0.2) is 42.5 Å². The Morgan fingerprint density at radius 1 is 1.33 bits per heavy atom. The van der Waals surface area contributed by atoms with Crippen LogP contribution in [0.2, 0.25) is 6.32 Å². The number of hydrogen-bond acceptors (Lipinski definition) is 0. The standard InChI is InChI=1S/C14H16B/c1-3-8-15-14-10-11(2)9-12-6-4-5-7-13(12)14/h4-7,10H,2-3,8-9H2,1H3. The third-order valence-corrected chi connectivity index (χ3v) is 2.76. The summed E-state index contributed by atoms with van der Waals surface area (Å²) in [4.78, 5) is 0. The first-order valence-electron chi connectivity index (χ1n) is 5.62. The van der Waals surface area contributed by atoms with E-state index in [1.807, 2.05) is 0 Å². The Balaban J connectivity index is 2.31. The first-order valence-corrected chi connectivity index (χ1v) is 5.62. The van der Waals surface area contributed by atoms with Crippen LogP contribution < -0.4 is 0 Å². The van der Waals surface area contributed by atoms with E-state index in [1.165, 1.54) is 28.6 Å². The van der Waals surface area contributed by atoms with Gasteiger partial charge in [-0.05, 0) is 17.5 Å². The van der Waals surface area contributed by atoms with E-state index in [0.717, 1.165) is 12.7 Å². The molecular weight excluding hydrogens is 179 g/mol. The van der Waals surface area contributed by atoms with Gasteiger partial charge in [0.1, 0.15) is 0 Å². The highest BCUT2D eigenvalue weighted by Crippen LogP contribution is 2.28. The Morgan fingerprint density at radius 3 is 2.93 bits per heavy atom. The van der Waals surface area contributed by atoms with Crippen molar-refractivity contribution in [3.05, 3.63) is 53.6 Å². The van der Waals surface area contributed by atoms with Crippen molar-refractivity contribution >= 4 is 12.8 Å². The minimum atomic E-state index is 1.000.